The van der Waals surface area contributed by atoms with Gasteiger partial charge in [0.15, 0.2) is 11.4 Å². The molecule has 9 heteroatoms. The van der Waals surface area contributed by atoms with Crippen LogP contribution in [0.15, 0.2) is 30.4 Å². The van der Waals surface area contributed by atoms with Crippen LogP contribution in [0.1, 0.15) is 67.2 Å². The summed E-state index contributed by atoms with van der Waals surface area (Å²) in [6.07, 6.45) is 5.25. The van der Waals surface area contributed by atoms with Gasteiger partial charge in [-0.15, -0.1) is 0 Å². The van der Waals surface area contributed by atoms with Crippen LogP contribution in [0, 0.1) is 11.8 Å². The van der Waals surface area contributed by atoms with Crippen molar-refractivity contribution >= 4 is 23.6 Å². The molecule has 0 unspecified atom stereocenters. The monoisotopic (exact) mass is 476 g/mol. The quantitative estimate of drug-likeness (QED) is 0.477. The molecule has 0 aromatic carbocycles. The molecule has 0 fully saturated rings. The number of carbonyl (C=O) groups is 4. The predicted octanol–water partition coefficient (Wildman–Crippen LogP) is 3.89. The van der Waals surface area contributed by atoms with Gasteiger partial charge in [0.05, 0.1) is 5.60 Å². The predicted molar refractivity (Wildman–Crippen MR) is 124 cm³/mol. The van der Waals surface area contributed by atoms with Crippen LogP contribution >= 0.6 is 0 Å². The number of ketones is 2. The maximum atomic E-state index is 13.0. The zero-order chi connectivity index (χ0) is 25.7. The first-order chi connectivity index (χ1) is 15.9. The van der Waals surface area contributed by atoms with Gasteiger partial charge in [-0.05, 0) is 58.6 Å². The van der Waals surface area contributed by atoms with Gasteiger partial charge in [0.25, 0.3) is 0 Å². The molecular formula is C25H36N2O7. The van der Waals surface area contributed by atoms with E-state index < -0.39 is 41.2 Å². The van der Waals surface area contributed by atoms with Gasteiger partial charge in [-0.1, -0.05) is 13.8 Å². The second-order valence-corrected chi connectivity index (χ2v) is 9.49. The molecule has 34 heavy (non-hydrogen) atoms. The van der Waals surface area contributed by atoms with E-state index in [1.165, 1.54) is 31.7 Å². The molecule has 2 rings (SSSR count). The molecule has 0 bridgehead atoms. The maximum Gasteiger partial charge on any atom is 0.420 e. The second-order valence-electron chi connectivity index (χ2n) is 9.49. The van der Waals surface area contributed by atoms with E-state index in [1.54, 1.807) is 34.8 Å². The molecule has 0 N–H and O–H groups in total. The Bertz CT molecular complexity index is 939. The number of rotatable bonds is 3. The maximum absolute atomic E-state index is 13.0. The number of Topliss-reactive ketones (excluding diaryl/α,β-unsaturated/α-hetero) is 2. The summed E-state index contributed by atoms with van der Waals surface area (Å²) in [5.41, 5.74) is -1.81. The Morgan fingerprint density at radius 2 is 1.94 bits per heavy atom. The normalized spacial score (nSPS) is 33.4. The second kappa shape index (κ2) is 11.1. The Morgan fingerprint density at radius 3 is 2.50 bits per heavy atom. The smallest absolute Gasteiger partial charge is 0.420 e. The molecule has 2 heterocycles. The average Bonchev–Trinajstić information content (AvgIpc) is 3.34. The summed E-state index contributed by atoms with van der Waals surface area (Å²) in [5.74, 6) is -2.61. The third-order valence-electron chi connectivity index (χ3n) is 6.61. The molecule has 1 aliphatic rings. The standard InChI is InChI=1S/C25H36N2O7/c1-8-20-25(6,34-23(31)27-12-11-26-15-27)14-16(2)19(28)9-10-24(5,32-7)13-17(3)21(29)18(4)22(30)33-20/h11-12,14-15,17-18,20H,8-10,13H2,1-7H3/b16-14+/t17-,18-,20-,24-,25+/m1/s1. The minimum absolute atomic E-state index is 0.154. The molecule has 0 saturated heterocycles. The van der Waals surface area contributed by atoms with Crippen molar-refractivity contribution in [2.45, 2.75) is 84.5 Å². The van der Waals surface area contributed by atoms with Gasteiger partial charge < -0.3 is 14.2 Å². The Balaban J connectivity index is 2.52. The summed E-state index contributed by atoms with van der Waals surface area (Å²) in [4.78, 5) is 55.6. The van der Waals surface area contributed by atoms with E-state index in [1.807, 2.05) is 6.92 Å². The van der Waals surface area contributed by atoms with Gasteiger partial charge in [0.2, 0.25) is 0 Å². The van der Waals surface area contributed by atoms with E-state index >= 15 is 0 Å². The van der Waals surface area contributed by atoms with Crippen LogP contribution < -0.4 is 0 Å². The van der Waals surface area contributed by atoms with Crippen molar-refractivity contribution in [2.75, 3.05) is 7.11 Å². The van der Waals surface area contributed by atoms with Crippen molar-refractivity contribution in [1.82, 2.24) is 9.55 Å². The van der Waals surface area contributed by atoms with E-state index in [9.17, 15) is 19.2 Å². The summed E-state index contributed by atoms with van der Waals surface area (Å²) in [6, 6.07) is 0. The van der Waals surface area contributed by atoms with Crippen LogP contribution in [0.25, 0.3) is 0 Å². The molecule has 0 spiro atoms. The first-order valence-corrected chi connectivity index (χ1v) is 11.6. The van der Waals surface area contributed by atoms with Gasteiger partial charge in [-0.3, -0.25) is 14.4 Å². The molecule has 0 aliphatic carbocycles. The molecule has 1 aromatic rings. The minimum Gasteiger partial charge on any atom is -0.457 e. The molecule has 188 valence electrons. The first-order valence-electron chi connectivity index (χ1n) is 11.6. The fourth-order valence-corrected chi connectivity index (χ4v) is 4.31. The van der Waals surface area contributed by atoms with Crippen LogP contribution in [0.3, 0.4) is 0 Å². The zero-order valence-electron chi connectivity index (χ0n) is 21.1. The van der Waals surface area contributed by atoms with Crippen molar-refractivity contribution in [3.8, 4) is 0 Å². The van der Waals surface area contributed by atoms with Crippen molar-refractivity contribution < 1.29 is 33.4 Å². The number of hydrogen-bond donors (Lipinski definition) is 0. The lowest BCUT2D eigenvalue weighted by atomic mass is 9.82. The molecule has 5 atom stereocenters. The third kappa shape index (κ3) is 6.40. The molecule has 1 aromatic heterocycles. The number of ether oxygens (including phenoxy) is 3. The van der Waals surface area contributed by atoms with Gasteiger partial charge in [0.1, 0.15) is 24.1 Å². The van der Waals surface area contributed by atoms with Gasteiger partial charge >= 0.3 is 12.1 Å². The number of esters is 1. The van der Waals surface area contributed by atoms with E-state index in [0.29, 0.717) is 18.4 Å². The highest BCUT2D eigenvalue weighted by molar-refractivity contribution is 5.99. The number of aromatic nitrogens is 2. The molecule has 0 saturated carbocycles. The average molecular weight is 477 g/mol. The summed E-state index contributed by atoms with van der Waals surface area (Å²) < 4.78 is 18.3. The van der Waals surface area contributed by atoms with Crippen LogP contribution in [-0.4, -0.2) is 57.6 Å². The molecule has 0 amide bonds. The number of cyclic esters (lactones) is 1. The number of imidazole rings is 1. The lowest BCUT2D eigenvalue weighted by molar-refractivity contribution is -0.166. The molecule has 9 nitrogen and oxygen atoms in total. The van der Waals surface area contributed by atoms with Crippen molar-refractivity contribution in [3.63, 3.8) is 0 Å². The number of methoxy groups -OCH3 is 1. The fourth-order valence-electron chi connectivity index (χ4n) is 4.31. The highest BCUT2D eigenvalue weighted by atomic mass is 16.6. The zero-order valence-corrected chi connectivity index (χ0v) is 21.1. The SMILES string of the molecule is CC[C@H]1OC(=O)[C@H](C)C(=O)[C@H](C)C[C@](C)(OC)CCC(=O)/C(C)=C/[C@]1(C)OC(=O)n1ccnc1. The first kappa shape index (κ1) is 27.4. The van der Waals surface area contributed by atoms with Gasteiger partial charge in [0, 0.05) is 31.8 Å². The summed E-state index contributed by atoms with van der Waals surface area (Å²) >= 11 is 0. The summed E-state index contributed by atoms with van der Waals surface area (Å²) in [6.45, 7) is 10.1. The van der Waals surface area contributed by atoms with Gasteiger partial charge in [-0.2, -0.15) is 0 Å². The topological polar surface area (TPSA) is 114 Å². The molecule has 0 radical (unpaired) electrons. The fraction of sp³-hybridized carbons (Fsp3) is 0.640. The van der Waals surface area contributed by atoms with Crippen molar-refractivity contribution in [2.24, 2.45) is 11.8 Å². The van der Waals surface area contributed by atoms with Crippen LogP contribution in [-0.2, 0) is 28.6 Å². The van der Waals surface area contributed by atoms with Crippen molar-refractivity contribution in [1.29, 1.82) is 0 Å². The Morgan fingerprint density at radius 1 is 1.26 bits per heavy atom. The Hall–Kier alpha value is -2.81. The molecular weight excluding hydrogens is 440 g/mol. The highest BCUT2D eigenvalue weighted by Crippen LogP contribution is 2.31. The minimum atomic E-state index is -1.46. The van der Waals surface area contributed by atoms with E-state index in [4.69, 9.17) is 14.2 Å². The number of nitrogens with zero attached hydrogens (tertiary/aromatic N) is 2. The third-order valence-corrected chi connectivity index (χ3v) is 6.61. The van der Waals surface area contributed by atoms with E-state index in [0.717, 1.165) is 4.57 Å². The van der Waals surface area contributed by atoms with Crippen LogP contribution in [0.4, 0.5) is 4.79 Å². The lowest BCUT2D eigenvalue weighted by Gasteiger charge is -2.35. The highest BCUT2D eigenvalue weighted by Gasteiger charge is 2.42. The number of hydrogen-bond acceptors (Lipinski definition) is 8. The largest absolute Gasteiger partial charge is 0.457 e. The van der Waals surface area contributed by atoms with Gasteiger partial charge in [-0.25, -0.2) is 14.3 Å². The van der Waals surface area contributed by atoms with E-state index in [-0.39, 0.29) is 24.4 Å². The van der Waals surface area contributed by atoms with Crippen LogP contribution in [0.2, 0.25) is 0 Å². The summed E-state index contributed by atoms with van der Waals surface area (Å²) in [7, 11) is 1.55. The number of carbonyl (C=O) groups excluding carboxylic acids is 4. The number of allylic oxidation sites excluding steroid dienone is 1. The Labute approximate surface area is 200 Å². The van der Waals surface area contributed by atoms with E-state index in [2.05, 4.69) is 4.98 Å². The lowest BCUT2D eigenvalue weighted by Crippen LogP contribution is -2.47. The Kier molecular flexibility index (Phi) is 8.94. The molecule has 1 aliphatic heterocycles. The van der Waals surface area contributed by atoms with Crippen molar-refractivity contribution in [3.05, 3.63) is 30.4 Å². The van der Waals surface area contributed by atoms with Crippen LogP contribution in [0.5, 0.6) is 0 Å². The summed E-state index contributed by atoms with van der Waals surface area (Å²) in [5, 5.41) is 0.